The van der Waals surface area contributed by atoms with Crippen molar-refractivity contribution in [1.29, 1.82) is 0 Å². The zero-order valence-corrected chi connectivity index (χ0v) is 18.4. The van der Waals surface area contributed by atoms with Crippen LogP contribution < -0.4 is 0 Å². The van der Waals surface area contributed by atoms with E-state index in [9.17, 15) is 4.79 Å². The van der Waals surface area contributed by atoms with Gasteiger partial charge in [-0.05, 0) is 60.7 Å². The molecule has 1 aliphatic rings. The van der Waals surface area contributed by atoms with Crippen molar-refractivity contribution in [2.75, 3.05) is 13.1 Å². The Labute approximate surface area is 186 Å². The van der Waals surface area contributed by atoms with Crippen LogP contribution in [0.15, 0.2) is 84.9 Å². The molecular formula is C28H32N2O. The molecule has 0 aromatic heterocycles. The van der Waals surface area contributed by atoms with Crippen molar-refractivity contribution >= 4 is 5.91 Å². The summed E-state index contributed by atoms with van der Waals surface area (Å²) in [6.07, 6.45) is 2.56. The molecule has 0 radical (unpaired) electrons. The largest absolute Gasteiger partial charge is 0.330 e. The second-order valence-corrected chi connectivity index (χ2v) is 8.79. The number of carbonyl (C=O) groups excluding carboxylic acids is 1. The van der Waals surface area contributed by atoms with Gasteiger partial charge in [0.25, 0.3) is 5.91 Å². The third-order valence-electron chi connectivity index (χ3n) is 6.20. The smallest absolute Gasteiger partial charge is 0.254 e. The van der Waals surface area contributed by atoms with Gasteiger partial charge < -0.3 is 4.90 Å². The van der Waals surface area contributed by atoms with Gasteiger partial charge >= 0.3 is 0 Å². The maximum absolute atomic E-state index is 13.4. The molecule has 1 fully saturated rings. The molecule has 0 saturated carbocycles. The maximum Gasteiger partial charge on any atom is 0.254 e. The summed E-state index contributed by atoms with van der Waals surface area (Å²) in [5, 5.41) is 0. The first kappa shape index (κ1) is 21.3. The van der Waals surface area contributed by atoms with E-state index in [1.165, 1.54) is 31.5 Å². The van der Waals surface area contributed by atoms with Crippen LogP contribution in [0, 0.1) is 5.92 Å². The van der Waals surface area contributed by atoms with Crippen molar-refractivity contribution in [3.8, 4) is 0 Å². The summed E-state index contributed by atoms with van der Waals surface area (Å²) in [6, 6.07) is 28.6. The summed E-state index contributed by atoms with van der Waals surface area (Å²) in [5.41, 5.74) is 4.32. The third-order valence-corrected chi connectivity index (χ3v) is 6.20. The minimum atomic E-state index is 0.0750. The van der Waals surface area contributed by atoms with Crippen LogP contribution in [0.3, 0.4) is 0 Å². The second kappa shape index (κ2) is 10.4. The fraction of sp³-hybridized carbons (Fsp3) is 0.321. The van der Waals surface area contributed by atoms with Gasteiger partial charge in [-0.25, -0.2) is 0 Å². The summed E-state index contributed by atoms with van der Waals surface area (Å²) >= 11 is 0. The molecule has 0 atom stereocenters. The van der Waals surface area contributed by atoms with Crippen LogP contribution in [0.25, 0.3) is 0 Å². The maximum atomic E-state index is 13.4. The molecule has 3 aromatic carbocycles. The monoisotopic (exact) mass is 412 g/mol. The molecule has 3 aromatic rings. The molecule has 3 nitrogen and oxygen atoms in total. The van der Waals surface area contributed by atoms with E-state index in [0.29, 0.717) is 13.1 Å². The van der Waals surface area contributed by atoms with Gasteiger partial charge in [0.2, 0.25) is 0 Å². The SMILES string of the molecule is CC1CCN(Cc2ccc(C(=O)N(Cc3ccccc3)Cc3ccccc3)cc2)CC1. The number of carbonyl (C=O) groups is 1. The standard InChI is InChI=1S/C28H32N2O/c1-23-16-18-29(19-17-23)20-26-12-14-27(15-13-26)28(31)30(21-24-8-4-2-5-9-24)22-25-10-6-3-7-11-25/h2-15,23H,16-22H2,1H3. The summed E-state index contributed by atoms with van der Waals surface area (Å²) in [5.74, 6) is 0.919. The summed E-state index contributed by atoms with van der Waals surface area (Å²) in [7, 11) is 0. The molecule has 1 heterocycles. The Kier molecular flexibility index (Phi) is 7.16. The minimum absolute atomic E-state index is 0.0750. The first-order chi connectivity index (χ1) is 15.2. The van der Waals surface area contributed by atoms with Gasteiger partial charge in [-0.1, -0.05) is 79.7 Å². The highest BCUT2D eigenvalue weighted by Gasteiger charge is 2.18. The Balaban J connectivity index is 1.46. The molecular weight excluding hydrogens is 380 g/mol. The van der Waals surface area contributed by atoms with E-state index < -0.39 is 0 Å². The number of nitrogens with zero attached hydrogens (tertiary/aromatic N) is 2. The highest BCUT2D eigenvalue weighted by molar-refractivity contribution is 5.94. The second-order valence-electron chi connectivity index (χ2n) is 8.79. The number of amides is 1. The third kappa shape index (κ3) is 6.05. The average Bonchev–Trinajstić information content (AvgIpc) is 2.82. The summed E-state index contributed by atoms with van der Waals surface area (Å²) in [4.78, 5) is 17.9. The Morgan fingerprint density at radius 1 is 0.774 bits per heavy atom. The van der Waals surface area contributed by atoms with E-state index in [0.717, 1.165) is 29.2 Å². The molecule has 1 aliphatic heterocycles. The number of benzene rings is 3. The number of likely N-dealkylation sites (tertiary alicyclic amines) is 1. The molecule has 1 amide bonds. The van der Waals surface area contributed by atoms with Crippen molar-refractivity contribution < 1.29 is 4.79 Å². The zero-order valence-electron chi connectivity index (χ0n) is 18.4. The number of hydrogen-bond acceptors (Lipinski definition) is 2. The lowest BCUT2D eigenvalue weighted by molar-refractivity contribution is 0.0730. The van der Waals surface area contributed by atoms with E-state index in [2.05, 4.69) is 48.2 Å². The Morgan fingerprint density at radius 2 is 1.29 bits per heavy atom. The van der Waals surface area contributed by atoms with Crippen LogP contribution in [-0.2, 0) is 19.6 Å². The van der Waals surface area contributed by atoms with E-state index in [4.69, 9.17) is 0 Å². The van der Waals surface area contributed by atoms with Crippen LogP contribution >= 0.6 is 0 Å². The normalized spacial score (nSPS) is 15.0. The lowest BCUT2D eigenvalue weighted by Crippen LogP contribution is -2.32. The van der Waals surface area contributed by atoms with Crippen LogP contribution in [0.2, 0.25) is 0 Å². The van der Waals surface area contributed by atoms with Gasteiger partial charge in [-0.3, -0.25) is 9.69 Å². The van der Waals surface area contributed by atoms with Crippen molar-refractivity contribution in [2.24, 2.45) is 5.92 Å². The number of piperidine rings is 1. The highest BCUT2D eigenvalue weighted by Crippen LogP contribution is 2.19. The predicted octanol–water partition coefficient (Wildman–Crippen LogP) is 5.76. The van der Waals surface area contributed by atoms with Gasteiger partial charge in [0.15, 0.2) is 0 Å². The van der Waals surface area contributed by atoms with Crippen LogP contribution in [0.1, 0.15) is 46.8 Å². The topological polar surface area (TPSA) is 23.6 Å². The van der Waals surface area contributed by atoms with E-state index in [-0.39, 0.29) is 5.91 Å². The quantitative estimate of drug-likeness (QED) is 0.492. The fourth-order valence-corrected chi connectivity index (χ4v) is 4.22. The van der Waals surface area contributed by atoms with Crippen molar-refractivity contribution in [3.63, 3.8) is 0 Å². The predicted molar refractivity (Wildman–Crippen MR) is 127 cm³/mol. The molecule has 0 aliphatic carbocycles. The summed E-state index contributed by atoms with van der Waals surface area (Å²) < 4.78 is 0. The van der Waals surface area contributed by atoms with Crippen molar-refractivity contribution in [3.05, 3.63) is 107 Å². The van der Waals surface area contributed by atoms with Gasteiger partial charge in [0.05, 0.1) is 0 Å². The van der Waals surface area contributed by atoms with E-state index in [1.807, 2.05) is 53.4 Å². The molecule has 160 valence electrons. The Hall–Kier alpha value is -2.91. The Bertz CT molecular complexity index is 904. The molecule has 0 bridgehead atoms. The van der Waals surface area contributed by atoms with Crippen LogP contribution in [0.4, 0.5) is 0 Å². The molecule has 0 spiro atoms. The molecule has 0 N–H and O–H groups in total. The van der Waals surface area contributed by atoms with Gasteiger partial charge in [-0.15, -0.1) is 0 Å². The van der Waals surface area contributed by atoms with Gasteiger partial charge in [0.1, 0.15) is 0 Å². The molecule has 4 rings (SSSR count). The van der Waals surface area contributed by atoms with Crippen molar-refractivity contribution in [1.82, 2.24) is 9.80 Å². The molecule has 3 heteroatoms. The van der Waals surface area contributed by atoms with E-state index >= 15 is 0 Å². The minimum Gasteiger partial charge on any atom is -0.330 e. The fourth-order valence-electron chi connectivity index (χ4n) is 4.22. The first-order valence-electron chi connectivity index (χ1n) is 11.4. The van der Waals surface area contributed by atoms with Gasteiger partial charge in [-0.2, -0.15) is 0 Å². The Morgan fingerprint density at radius 3 is 1.81 bits per heavy atom. The number of rotatable bonds is 7. The van der Waals surface area contributed by atoms with E-state index in [1.54, 1.807) is 0 Å². The molecule has 0 unspecified atom stereocenters. The van der Waals surface area contributed by atoms with Gasteiger partial charge in [0, 0.05) is 25.2 Å². The van der Waals surface area contributed by atoms with Crippen LogP contribution in [-0.4, -0.2) is 28.8 Å². The van der Waals surface area contributed by atoms with Crippen molar-refractivity contribution in [2.45, 2.75) is 39.4 Å². The zero-order chi connectivity index (χ0) is 21.5. The molecule has 1 saturated heterocycles. The number of hydrogen-bond donors (Lipinski definition) is 0. The highest BCUT2D eigenvalue weighted by atomic mass is 16.2. The lowest BCUT2D eigenvalue weighted by atomic mass is 9.99. The summed E-state index contributed by atoms with van der Waals surface area (Å²) in [6.45, 7) is 6.85. The first-order valence-corrected chi connectivity index (χ1v) is 11.4. The average molecular weight is 413 g/mol. The van der Waals surface area contributed by atoms with Crippen LogP contribution in [0.5, 0.6) is 0 Å². The lowest BCUT2D eigenvalue weighted by Gasteiger charge is -2.30. The molecule has 31 heavy (non-hydrogen) atoms.